The van der Waals surface area contributed by atoms with Gasteiger partial charge in [-0.15, -0.1) is 0 Å². The highest BCUT2D eigenvalue weighted by Gasteiger charge is 2.32. The quantitative estimate of drug-likeness (QED) is 0.831. The molecule has 2 aromatic rings. The van der Waals surface area contributed by atoms with Crippen molar-refractivity contribution in [3.63, 3.8) is 0 Å². The number of ether oxygens (including phenoxy) is 2. The molecule has 0 unspecified atom stereocenters. The van der Waals surface area contributed by atoms with Gasteiger partial charge in [0.2, 0.25) is 0 Å². The van der Waals surface area contributed by atoms with E-state index < -0.39 is 0 Å². The summed E-state index contributed by atoms with van der Waals surface area (Å²) in [5, 5.41) is 9.43. The minimum absolute atomic E-state index is 0.0700. The minimum atomic E-state index is -0.277. The summed E-state index contributed by atoms with van der Waals surface area (Å²) in [7, 11) is 0. The van der Waals surface area contributed by atoms with Crippen LogP contribution in [0.3, 0.4) is 0 Å². The Morgan fingerprint density at radius 1 is 1.38 bits per heavy atom. The third-order valence-electron chi connectivity index (χ3n) is 4.25. The van der Waals surface area contributed by atoms with Gasteiger partial charge in [0.15, 0.2) is 5.75 Å². The summed E-state index contributed by atoms with van der Waals surface area (Å²) in [6.07, 6.45) is 6.55. The third kappa shape index (κ3) is 3.05. The summed E-state index contributed by atoms with van der Waals surface area (Å²) in [4.78, 5) is 24.3. The summed E-state index contributed by atoms with van der Waals surface area (Å²) < 4.78 is 12.8. The first-order valence-electron chi connectivity index (χ1n) is 7.97. The lowest BCUT2D eigenvalue weighted by Crippen LogP contribution is -2.45. The van der Waals surface area contributed by atoms with Gasteiger partial charge < -0.3 is 19.4 Å². The van der Waals surface area contributed by atoms with Gasteiger partial charge in [-0.3, -0.25) is 14.7 Å². The number of nitrogens with one attached hydrogen (secondary N) is 2. The Morgan fingerprint density at radius 3 is 3.00 bits per heavy atom. The minimum Gasteiger partial charge on any atom is -0.482 e. The van der Waals surface area contributed by atoms with Gasteiger partial charge in [0, 0.05) is 18.3 Å². The molecule has 1 aliphatic carbocycles. The highest BCUT2D eigenvalue weighted by Crippen LogP contribution is 2.33. The lowest BCUT2D eigenvalue weighted by atomic mass is 10.2. The molecule has 1 saturated carbocycles. The molecule has 2 fully saturated rings. The van der Waals surface area contributed by atoms with E-state index in [0.29, 0.717) is 24.5 Å². The largest absolute Gasteiger partial charge is 0.482 e. The number of hydrogen-bond acceptors (Lipinski definition) is 5. The van der Waals surface area contributed by atoms with E-state index in [1.165, 1.54) is 6.07 Å². The Balaban J connectivity index is 1.45. The lowest BCUT2D eigenvalue weighted by molar-refractivity contribution is 0.0903. The van der Waals surface area contributed by atoms with Crippen molar-refractivity contribution in [3.8, 4) is 5.75 Å². The number of pyridine rings is 1. The second kappa shape index (κ2) is 6.12. The van der Waals surface area contributed by atoms with Crippen molar-refractivity contribution in [2.45, 2.75) is 31.0 Å². The molecule has 2 atom stereocenters. The molecule has 8 nitrogen and oxygen atoms in total. The van der Waals surface area contributed by atoms with Crippen molar-refractivity contribution in [2.24, 2.45) is 0 Å². The molecule has 2 N–H and O–H groups in total. The van der Waals surface area contributed by atoms with Crippen molar-refractivity contribution < 1.29 is 14.3 Å². The van der Waals surface area contributed by atoms with Crippen molar-refractivity contribution in [1.29, 1.82) is 0 Å². The first kappa shape index (κ1) is 14.9. The van der Waals surface area contributed by atoms with Gasteiger partial charge in [0.1, 0.15) is 6.10 Å². The van der Waals surface area contributed by atoms with E-state index in [4.69, 9.17) is 9.47 Å². The average Bonchev–Trinajstić information content (AvgIpc) is 3.12. The van der Waals surface area contributed by atoms with Crippen LogP contribution in [-0.4, -0.2) is 46.0 Å². The molecule has 1 amide bonds. The molecule has 0 aromatic carbocycles. The SMILES string of the molecule is O=C(N[C@H]1COC[C@H]1Oc1cn[nH]c1)c1ccc(=O)n(C2CC2)c1. The van der Waals surface area contributed by atoms with Crippen LogP contribution in [0.5, 0.6) is 5.75 Å². The van der Waals surface area contributed by atoms with E-state index in [9.17, 15) is 9.59 Å². The standard InChI is InChI=1S/C16H18N4O4/c21-15-4-1-10(7-20(15)11-2-3-11)16(22)19-13-8-23-9-14(13)24-12-5-17-18-6-12/h1,4-7,11,13-14H,2-3,8-9H2,(H,17,18)(H,19,22)/t13-,14+/m0/s1. The molecule has 0 radical (unpaired) electrons. The van der Waals surface area contributed by atoms with E-state index in [0.717, 1.165) is 12.8 Å². The Labute approximate surface area is 137 Å². The van der Waals surface area contributed by atoms with E-state index in [1.807, 2.05) is 0 Å². The zero-order valence-corrected chi connectivity index (χ0v) is 13.0. The first-order chi connectivity index (χ1) is 11.7. The first-order valence-corrected chi connectivity index (χ1v) is 7.97. The fourth-order valence-corrected chi connectivity index (χ4v) is 2.79. The summed E-state index contributed by atoms with van der Waals surface area (Å²) in [6.45, 7) is 0.786. The van der Waals surface area contributed by atoms with Crippen LogP contribution < -0.4 is 15.6 Å². The Kier molecular flexibility index (Phi) is 3.81. The summed E-state index contributed by atoms with van der Waals surface area (Å²) >= 11 is 0. The summed E-state index contributed by atoms with van der Waals surface area (Å²) in [6, 6.07) is 2.97. The fourth-order valence-electron chi connectivity index (χ4n) is 2.79. The Morgan fingerprint density at radius 2 is 2.25 bits per heavy atom. The average molecular weight is 330 g/mol. The highest BCUT2D eigenvalue weighted by molar-refractivity contribution is 5.94. The number of aromatic amines is 1. The van der Waals surface area contributed by atoms with Gasteiger partial charge in [-0.1, -0.05) is 0 Å². The molecule has 24 heavy (non-hydrogen) atoms. The number of H-pyrrole nitrogens is 1. The van der Waals surface area contributed by atoms with E-state index in [2.05, 4.69) is 15.5 Å². The van der Waals surface area contributed by atoms with Gasteiger partial charge in [0.25, 0.3) is 11.5 Å². The second-order valence-corrected chi connectivity index (χ2v) is 6.10. The van der Waals surface area contributed by atoms with Crippen molar-refractivity contribution >= 4 is 5.91 Å². The van der Waals surface area contributed by atoms with E-state index in [1.54, 1.807) is 29.2 Å². The van der Waals surface area contributed by atoms with Gasteiger partial charge in [-0.25, -0.2) is 0 Å². The smallest absolute Gasteiger partial charge is 0.253 e. The number of nitrogens with zero attached hydrogens (tertiary/aromatic N) is 2. The fraction of sp³-hybridized carbons (Fsp3) is 0.438. The number of amides is 1. The van der Waals surface area contributed by atoms with Crippen LogP contribution in [0.4, 0.5) is 0 Å². The zero-order chi connectivity index (χ0) is 16.5. The van der Waals surface area contributed by atoms with Gasteiger partial charge in [0.05, 0.1) is 37.2 Å². The van der Waals surface area contributed by atoms with Crippen LogP contribution in [0, 0.1) is 0 Å². The van der Waals surface area contributed by atoms with Gasteiger partial charge in [-0.2, -0.15) is 5.10 Å². The summed E-state index contributed by atoms with van der Waals surface area (Å²) in [5.41, 5.74) is 0.398. The van der Waals surface area contributed by atoms with Crippen molar-refractivity contribution in [1.82, 2.24) is 20.1 Å². The molecule has 0 bridgehead atoms. The van der Waals surface area contributed by atoms with Crippen LogP contribution in [0.25, 0.3) is 0 Å². The number of rotatable bonds is 5. The monoisotopic (exact) mass is 330 g/mol. The van der Waals surface area contributed by atoms with Crippen LogP contribution >= 0.6 is 0 Å². The molecule has 1 saturated heterocycles. The molecule has 2 aromatic heterocycles. The number of aromatic nitrogens is 3. The van der Waals surface area contributed by atoms with E-state index >= 15 is 0 Å². The molecular formula is C16H18N4O4. The lowest BCUT2D eigenvalue weighted by Gasteiger charge is -2.19. The molecule has 8 heteroatoms. The predicted molar refractivity (Wildman–Crippen MR) is 84.0 cm³/mol. The van der Waals surface area contributed by atoms with Crippen LogP contribution in [-0.2, 0) is 4.74 Å². The number of carbonyl (C=O) groups is 1. The van der Waals surface area contributed by atoms with Crippen molar-refractivity contribution in [2.75, 3.05) is 13.2 Å². The molecular weight excluding hydrogens is 312 g/mol. The molecule has 0 spiro atoms. The maximum Gasteiger partial charge on any atom is 0.253 e. The zero-order valence-electron chi connectivity index (χ0n) is 13.0. The maximum absolute atomic E-state index is 12.5. The molecule has 4 rings (SSSR count). The predicted octanol–water partition coefficient (Wildman–Crippen LogP) is 0.482. The second-order valence-electron chi connectivity index (χ2n) is 6.10. The Hall–Kier alpha value is -2.61. The number of hydrogen-bond donors (Lipinski definition) is 2. The maximum atomic E-state index is 12.5. The molecule has 2 aliphatic rings. The molecule has 126 valence electrons. The van der Waals surface area contributed by atoms with Crippen LogP contribution in [0.1, 0.15) is 29.2 Å². The molecule has 3 heterocycles. The van der Waals surface area contributed by atoms with E-state index in [-0.39, 0.29) is 29.7 Å². The van der Waals surface area contributed by atoms with Crippen LogP contribution in [0.15, 0.2) is 35.5 Å². The highest BCUT2D eigenvalue weighted by atomic mass is 16.5. The Bertz CT molecular complexity index is 782. The van der Waals surface area contributed by atoms with Gasteiger partial charge in [-0.05, 0) is 18.9 Å². The molecule has 1 aliphatic heterocycles. The summed E-state index contributed by atoms with van der Waals surface area (Å²) in [5.74, 6) is 0.368. The van der Waals surface area contributed by atoms with Crippen LogP contribution in [0.2, 0.25) is 0 Å². The number of carbonyl (C=O) groups excluding carboxylic acids is 1. The normalized spacial score (nSPS) is 23.2. The van der Waals surface area contributed by atoms with Gasteiger partial charge >= 0.3 is 0 Å². The van der Waals surface area contributed by atoms with Crippen molar-refractivity contribution in [3.05, 3.63) is 46.6 Å². The third-order valence-corrected chi connectivity index (χ3v) is 4.25. The topological polar surface area (TPSA) is 98.2 Å².